The van der Waals surface area contributed by atoms with Gasteiger partial charge in [0.05, 0.1) is 11.2 Å². The van der Waals surface area contributed by atoms with Crippen LogP contribution in [0.2, 0.25) is 0 Å². The predicted octanol–water partition coefficient (Wildman–Crippen LogP) is 2.48. The van der Waals surface area contributed by atoms with E-state index >= 15 is 0 Å². The molecular formula is C13H24O4S. The highest BCUT2D eigenvalue weighted by Gasteiger charge is 2.41. The molecule has 1 rings (SSSR count). The van der Waals surface area contributed by atoms with E-state index < -0.39 is 21.2 Å². The first kappa shape index (κ1) is 15.5. The van der Waals surface area contributed by atoms with Crippen molar-refractivity contribution in [1.29, 1.82) is 0 Å². The van der Waals surface area contributed by atoms with Crippen molar-refractivity contribution < 1.29 is 18.3 Å². The minimum absolute atomic E-state index is 0.118. The first-order valence-corrected chi connectivity index (χ1v) is 8.57. The molecule has 1 saturated carbocycles. The van der Waals surface area contributed by atoms with Gasteiger partial charge in [0, 0.05) is 5.75 Å². The summed E-state index contributed by atoms with van der Waals surface area (Å²) in [6, 6.07) is 0. The van der Waals surface area contributed by atoms with Gasteiger partial charge in [0.1, 0.15) is 9.84 Å². The normalized spacial score (nSPS) is 29.1. The number of carboxylic acids is 1. The topological polar surface area (TPSA) is 71.4 Å². The minimum Gasteiger partial charge on any atom is -0.481 e. The molecule has 4 nitrogen and oxygen atoms in total. The van der Waals surface area contributed by atoms with Crippen molar-refractivity contribution in [2.75, 3.05) is 11.5 Å². The largest absolute Gasteiger partial charge is 0.481 e. The van der Waals surface area contributed by atoms with Crippen LogP contribution in [-0.4, -0.2) is 31.0 Å². The van der Waals surface area contributed by atoms with Gasteiger partial charge in [-0.15, -0.1) is 0 Å². The summed E-state index contributed by atoms with van der Waals surface area (Å²) in [5, 5.41) is 9.44. The summed E-state index contributed by atoms with van der Waals surface area (Å²) in [6.07, 6.45) is 4.37. The smallest absolute Gasteiger partial charge is 0.309 e. The van der Waals surface area contributed by atoms with Crippen molar-refractivity contribution >= 4 is 15.8 Å². The van der Waals surface area contributed by atoms with Gasteiger partial charge >= 0.3 is 5.97 Å². The Hall–Kier alpha value is -0.580. The molecule has 0 aromatic heterocycles. The Labute approximate surface area is 110 Å². The fraction of sp³-hybridized carbons (Fsp3) is 0.923. The summed E-state index contributed by atoms with van der Waals surface area (Å²) < 4.78 is 22.9. The average molecular weight is 276 g/mol. The van der Waals surface area contributed by atoms with Crippen molar-refractivity contribution in [2.45, 2.75) is 52.4 Å². The molecule has 2 atom stereocenters. The lowest BCUT2D eigenvalue weighted by atomic mass is 9.68. The Balaban J connectivity index is 2.61. The van der Waals surface area contributed by atoms with Crippen LogP contribution in [0.4, 0.5) is 0 Å². The standard InChI is InChI=1S/C13H24O4S/c1-3-18(16,17)9-5-8-13(12(14)15)7-4-6-11(2)10-13/h11H,3-10H2,1-2H3,(H,14,15). The molecule has 0 aliphatic heterocycles. The molecule has 5 heteroatoms. The molecule has 0 saturated heterocycles. The fourth-order valence-corrected chi connectivity index (χ4v) is 3.84. The van der Waals surface area contributed by atoms with E-state index in [-0.39, 0.29) is 11.5 Å². The van der Waals surface area contributed by atoms with Crippen LogP contribution in [0.1, 0.15) is 52.4 Å². The summed E-state index contributed by atoms with van der Waals surface area (Å²) in [7, 11) is -2.98. The third kappa shape index (κ3) is 3.97. The zero-order valence-corrected chi connectivity index (χ0v) is 12.1. The van der Waals surface area contributed by atoms with Gasteiger partial charge in [-0.05, 0) is 31.6 Å². The number of hydrogen-bond acceptors (Lipinski definition) is 3. The minimum atomic E-state index is -2.98. The summed E-state index contributed by atoms with van der Waals surface area (Å²) in [5.41, 5.74) is -0.680. The van der Waals surface area contributed by atoms with Gasteiger partial charge in [-0.3, -0.25) is 4.79 Å². The Bertz CT molecular complexity index is 388. The molecule has 0 bridgehead atoms. The molecule has 1 fully saturated rings. The van der Waals surface area contributed by atoms with E-state index in [1.54, 1.807) is 6.92 Å². The van der Waals surface area contributed by atoms with E-state index in [9.17, 15) is 18.3 Å². The van der Waals surface area contributed by atoms with Crippen molar-refractivity contribution in [2.24, 2.45) is 11.3 Å². The molecule has 1 aliphatic carbocycles. The molecule has 0 amide bonds. The van der Waals surface area contributed by atoms with Crippen LogP contribution >= 0.6 is 0 Å². The Kier molecular flexibility index (Phi) is 5.20. The van der Waals surface area contributed by atoms with Crippen LogP contribution in [0.15, 0.2) is 0 Å². The van der Waals surface area contributed by atoms with E-state index in [0.717, 1.165) is 12.8 Å². The second-order valence-corrected chi connectivity index (χ2v) is 8.10. The predicted molar refractivity (Wildman–Crippen MR) is 71.3 cm³/mol. The summed E-state index contributed by atoms with van der Waals surface area (Å²) in [5.74, 6) is -0.0586. The molecule has 0 spiro atoms. The third-order valence-corrected chi connectivity index (χ3v) is 5.89. The first-order chi connectivity index (χ1) is 8.31. The van der Waals surface area contributed by atoms with Crippen molar-refractivity contribution in [1.82, 2.24) is 0 Å². The number of sulfone groups is 1. The highest BCUT2D eigenvalue weighted by atomic mass is 32.2. The second-order valence-electron chi connectivity index (χ2n) is 5.63. The van der Waals surface area contributed by atoms with E-state index in [0.29, 0.717) is 31.6 Å². The van der Waals surface area contributed by atoms with Crippen LogP contribution in [0.5, 0.6) is 0 Å². The molecular weight excluding hydrogens is 252 g/mol. The van der Waals surface area contributed by atoms with Gasteiger partial charge in [0.25, 0.3) is 0 Å². The maximum atomic E-state index is 11.5. The van der Waals surface area contributed by atoms with Gasteiger partial charge in [-0.1, -0.05) is 26.7 Å². The maximum Gasteiger partial charge on any atom is 0.309 e. The molecule has 106 valence electrons. The SMILES string of the molecule is CCS(=O)(=O)CCCC1(C(=O)O)CCCC(C)C1. The van der Waals surface area contributed by atoms with Crippen LogP contribution in [0, 0.1) is 11.3 Å². The molecule has 0 aromatic carbocycles. The number of hydrogen-bond donors (Lipinski definition) is 1. The van der Waals surface area contributed by atoms with Gasteiger partial charge in [0.15, 0.2) is 0 Å². The number of carbonyl (C=O) groups is 1. The molecule has 0 aromatic rings. The van der Waals surface area contributed by atoms with Crippen molar-refractivity contribution in [3.8, 4) is 0 Å². The highest BCUT2D eigenvalue weighted by Crippen LogP contribution is 2.43. The molecule has 1 N–H and O–H groups in total. The summed E-state index contributed by atoms with van der Waals surface area (Å²) >= 11 is 0. The third-order valence-electron chi connectivity index (χ3n) is 4.10. The molecule has 2 unspecified atom stereocenters. The maximum absolute atomic E-state index is 11.5. The van der Waals surface area contributed by atoms with Gasteiger partial charge in [0.2, 0.25) is 0 Å². The Morgan fingerprint density at radius 2 is 2.11 bits per heavy atom. The molecule has 0 heterocycles. The lowest BCUT2D eigenvalue weighted by Gasteiger charge is -2.36. The number of aliphatic carboxylic acids is 1. The highest BCUT2D eigenvalue weighted by molar-refractivity contribution is 7.91. The monoisotopic (exact) mass is 276 g/mol. The summed E-state index contributed by atoms with van der Waals surface area (Å²) in [4.78, 5) is 11.5. The van der Waals surface area contributed by atoms with Crippen molar-refractivity contribution in [3.63, 3.8) is 0 Å². The van der Waals surface area contributed by atoms with Crippen LogP contribution < -0.4 is 0 Å². The molecule has 18 heavy (non-hydrogen) atoms. The Morgan fingerprint density at radius 1 is 1.44 bits per heavy atom. The zero-order chi connectivity index (χ0) is 13.8. The number of rotatable bonds is 6. The second kappa shape index (κ2) is 6.04. The van der Waals surface area contributed by atoms with E-state index in [1.165, 1.54) is 0 Å². The van der Waals surface area contributed by atoms with Gasteiger partial charge in [-0.25, -0.2) is 8.42 Å². The quantitative estimate of drug-likeness (QED) is 0.809. The van der Waals surface area contributed by atoms with Gasteiger partial charge < -0.3 is 5.11 Å². The molecule has 1 aliphatic rings. The average Bonchev–Trinajstić information content (AvgIpc) is 2.28. The zero-order valence-electron chi connectivity index (χ0n) is 11.3. The van der Waals surface area contributed by atoms with E-state index in [2.05, 4.69) is 6.92 Å². The first-order valence-electron chi connectivity index (χ1n) is 6.75. The fourth-order valence-electron chi connectivity index (χ4n) is 2.96. The van der Waals surface area contributed by atoms with Crippen LogP contribution in [0.3, 0.4) is 0 Å². The van der Waals surface area contributed by atoms with E-state index in [4.69, 9.17) is 0 Å². The Morgan fingerprint density at radius 3 is 2.61 bits per heavy atom. The van der Waals surface area contributed by atoms with Gasteiger partial charge in [-0.2, -0.15) is 0 Å². The molecule has 0 radical (unpaired) electrons. The van der Waals surface area contributed by atoms with Crippen LogP contribution in [0.25, 0.3) is 0 Å². The summed E-state index contributed by atoms with van der Waals surface area (Å²) in [6.45, 7) is 3.71. The van der Waals surface area contributed by atoms with Crippen LogP contribution in [-0.2, 0) is 14.6 Å². The lowest BCUT2D eigenvalue weighted by Crippen LogP contribution is -2.36. The number of carboxylic acid groups (broad SMARTS) is 1. The lowest BCUT2D eigenvalue weighted by molar-refractivity contribution is -0.152. The van der Waals surface area contributed by atoms with Crippen molar-refractivity contribution in [3.05, 3.63) is 0 Å². The van der Waals surface area contributed by atoms with E-state index in [1.807, 2.05) is 0 Å².